The lowest BCUT2D eigenvalue weighted by atomic mass is 10.1. The van der Waals surface area contributed by atoms with E-state index >= 15 is 0 Å². The Labute approximate surface area is 159 Å². The molecule has 0 N–H and O–H groups in total. The van der Waals surface area contributed by atoms with Crippen LogP contribution < -0.4 is 14.2 Å². The van der Waals surface area contributed by atoms with Gasteiger partial charge in [-0.3, -0.25) is 4.79 Å². The van der Waals surface area contributed by atoms with Gasteiger partial charge in [0.1, 0.15) is 5.75 Å². The summed E-state index contributed by atoms with van der Waals surface area (Å²) in [5.74, 6) is 1.26. The van der Waals surface area contributed by atoms with Crippen molar-refractivity contribution in [3.05, 3.63) is 47.5 Å². The molecule has 3 aromatic rings. The largest absolute Gasteiger partial charge is 0.454 e. The molecule has 0 bridgehead atoms. The number of aryl methyl sites for hydroxylation is 2. The first-order valence-electron chi connectivity index (χ1n) is 8.19. The lowest BCUT2D eigenvalue weighted by Gasteiger charge is -2.08. The van der Waals surface area contributed by atoms with E-state index in [2.05, 4.69) is 15.5 Å². The fourth-order valence-electron chi connectivity index (χ4n) is 2.59. The van der Waals surface area contributed by atoms with Crippen LogP contribution in [0.3, 0.4) is 0 Å². The molecule has 0 fully saturated rings. The predicted molar refractivity (Wildman–Crippen MR) is 97.6 cm³/mol. The highest BCUT2D eigenvalue weighted by molar-refractivity contribution is 7.99. The summed E-state index contributed by atoms with van der Waals surface area (Å²) in [4.78, 5) is 12.2. The number of tetrazole rings is 1. The van der Waals surface area contributed by atoms with Gasteiger partial charge in [0, 0.05) is 6.07 Å². The average molecular weight is 384 g/mol. The third kappa shape index (κ3) is 3.72. The van der Waals surface area contributed by atoms with Crippen LogP contribution in [-0.4, -0.2) is 38.7 Å². The monoisotopic (exact) mass is 384 g/mol. The first kappa shape index (κ1) is 17.3. The Hall–Kier alpha value is -3.07. The first-order valence-corrected chi connectivity index (χ1v) is 9.18. The molecular weight excluding hydrogens is 368 g/mol. The number of carbonyl (C=O) groups is 1. The molecule has 0 atom stereocenters. The van der Waals surface area contributed by atoms with E-state index in [1.165, 1.54) is 11.8 Å². The Balaban J connectivity index is 1.43. The molecule has 0 saturated heterocycles. The molecule has 9 heteroatoms. The van der Waals surface area contributed by atoms with Gasteiger partial charge in [0.15, 0.2) is 11.5 Å². The summed E-state index contributed by atoms with van der Waals surface area (Å²) in [7, 11) is 0. The Kier molecular flexibility index (Phi) is 4.68. The molecule has 0 aliphatic carbocycles. The van der Waals surface area contributed by atoms with E-state index in [1.807, 2.05) is 32.0 Å². The maximum absolute atomic E-state index is 12.2. The number of nitrogens with zero attached hydrogens (tertiary/aromatic N) is 4. The summed E-state index contributed by atoms with van der Waals surface area (Å²) in [5.41, 5.74) is 3.02. The van der Waals surface area contributed by atoms with Crippen LogP contribution in [0, 0.1) is 13.8 Å². The van der Waals surface area contributed by atoms with Gasteiger partial charge >= 0.3 is 5.97 Å². The Morgan fingerprint density at radius 1 is 1.19 bits per heavy atom. The van der Waals surface area contributed by atoms with E-state index in [-0.39, 0.29) is 12.5 Å². The van der Waals surface area contributed by atoms with Crippen LogP contribution in [0.15, 0.2) is 41.6 Å². The second kappa shape index (κ2) is 7.28. The minimum atomic E-state index is -0.408. The molecule has 138 valence electrons. The van der Waals surface area contributed by atoms with E-state index in [0.717, 1.165) is 16.8 Å². The molecule has 1 aromatic heterocycles. The maximum atomic E-state index is 12.2. The fourth-order valence-corrected chi connectivity index (χ4v) is 3.25. The second-order valence-electron chi connectivity index (χ2n) is 5.94. The summed E-state index contributed by atoms with van der Waals surface area (Å²) in [6.07, 6.45) is 0. The molecule has 1 aliphatic rings. The van der Waals surface area contributed by atoms with Gasteiger partial charge in [-0.1, -0.05) is 23.9 Å². The number of thioether (sulfide) groups is 1. The zero-order valence-corrected chi connectivity index (χ0v) is 15.5. The smallest absolute Gasteiger partial charge is 0.321 e. The van der Waals surface area contributed by atoms with Crippen LogP contribution in [0.25, 0.3) is 5.69 Å². The van der Waals surface area contributed by atoms with Crippen molar-refractivity contribution in [2.75, 3.05) is 12.5 Å². The summed E-state index contributed by atoms with van der Waals surface area (Å²) in [5, 5.41) is 12.3. The minimum absolute atomic E-state index is 0.0691. The molecule has 2 heterocycles. The van der Waals surface area contributed by atoms with E-state index in [9.17, 15) is 4.79 Å². The molecule has 0 amide bonds. The van der Waals surface area contributed by atoms with Crippen molar-refractivity contribution in [1.82, 2.24) is 20.2 Å². The van der Waals surface area contributed by atoms with Crippen LogP contribution in [0.5, 0.6) is 17.2 Å². The van der Waals surface area contributed by atoms with Crippen molar-refractivity contribution < 1.29 is 19.0 Å². The number of ether oxygens (including phenoxy) is 3. The third-order valence-corrected chi connectivity index (χ3v) is 4.82. The molecule has 2 aromatic carbocycles. The predicted octanol–water partition coefficient (Wildman–Crippen LogP) is 2.71. The lowest BCUT2D eigenvalue weighted by molar-refractivity contribution is -0.131. The SMILES string of the molecule is Cc1ccc(C)c(-n2nnnc2SCC(=O)Oc2ccc3c(c2)OCO3)c1. The van der Waals surface area contributed by atoms with Gasteiger partial charge in [0.2, 0.25) is 11.9 Å². The molecule has 0 saturated carbocycles. The van der Waals surface area contributed by atoms with Gasteiger partial charge in [-0.05, 0) is 53.6 Å². The van der Waals surface area contributed by atoms with E-state index in [4.69, 9.17) is 14.2 Å². The number of benzene rings is 2. The summed E-state index contributed by atoms with van der Waals surface area (Å²) in [6, 6.07) is 11.0. The molecule has 27 heavy (non-hydrogen) atoms. The van der Waals surface area contributed by atoms with E-state index < -0.39 is 5.97 Å². The second-order valence-corrected chi connectivity index (χ2v) is 6.88. The Morgan fingerprint density at radius 2 is 2.04 bits per heavy atom. The van der Waals surface area contributed by atoms with Gasteiger partial charge < -0.3 is 14.2 Å². The fraction of sp³-hybridized carbons (Fsp3) is 0.222. The number of rotatable bonds is 5. The summed E-state index contributed by atoms with van der Waals surface area (Å²) >= 11 is 1.21. The molecule has 4 rings (SSSR count). The molecule has 8 nitrogen and oxygen atoms in total. The topological polar surface area (TPSA) is 88.4 Å². The molecule has 0 radical (unpaired) electrons. The van der Waals surface area contributed by atoms with Crippen molar-refractivity contribution >= 4 is 17.7 Å². The normalized spacial score (nSPS) is 12.2. The van der Waals surface area contributed by atoms with Crippen LogP contribution in [0.2, 0.25) is 0 Å². The highest BCUT2D eigenvalue weighted by atomic mass is 32.2. The molecule has 0 spiro atoms. The standard InChI is InChI=1S/C18H16N4O4S/c1-11-3-4-12(2)14(7-11)22-18(19-20-21-22)27-9-17(23)26-13-5-6-15-16(8-13)25-10-24-15/h3-8H,9-10H2,1-2H3. The highest BCUT2D eigenvalue weighted by Gasteiger charge is 2.17. The Morgan fingerprint density at radius 3 is 2.93 bits per heavy atom. The molecule has 1 aliphatic heterocycles. The minimum Gasteiger partial charge on any atom is -0.454 e. The molecular formula is C18H16N4O4S. The summed E-state index contributed by atoms with van der Waals surface area (Å²) < 4.78 is 17.5. The van der Waals surface area contributed by atoms with Gasteiger partial charge in [0.05, 0.1) is 11.4 Å². The maximum Gasteiger partial charge on any atom is 0.321 e. The van der Waals surface area contributed by atoms with Gasteiger partial charge in [-0.25, -0.2) is 0 Å². The van der Waals surface area contributed by atoms with Crippen LogP contribution in [-0.2, 0) is 4.79 Å². The van der Waals surface area contributed by atoms with Crippen LogP contribution in [0.1, 0.15) is 11.1 Å². The van der Waals surface area contributed by atoms with Crippen LogP contribution in [0.4, 0.5) is 0 Å². The number of carbonyl (C=O) groups excluding carboxylic acids is 1. The van der Waals surface area contributed by atoms with Crippen molar-refractivity contribution in [2.24, 2.45) is 0 Å². The van der Waals surface area contributed by atoms with Crippen molar-refractivity contribution in [3.63, 3.8) is 0 Å². The zero-order valence-electron chi connectivity index (χ0n) is 14.7. The number of hydrogen-bond donors (Lipinski definition) is 0. The number of fused-ring (bicyclic) bond motifs is 1. The first-order chi connectivity index (χ1) is 13.1. The van der Waals surface area contributed by atoms with Gasteiger partial charge in [0.25, 0.3) is 0 Å². The van der Waals surface area contributed by atoms with Gasteiger partial charge in [-0.2, -0.15) is 4.68 Å². The number of hydrogen-bond acceptors (Lipinski definition) is 8. The van der Waals surface area contributed by atoms with Gasteiger partial charge in [-0.15, -0.1) is 5.10 Å². The highest BCUT2D eigenvalue weighted by Crippen LogP contribution is 2.35. The van der Waals surface area contributed by atoms with Crippen molar-refractivity contribution in [2.45, 2.75) is 19.0 Å². The van der Waals surface area contributed by atoms with Crippen LogP contribution >= 0.6 is 11.8 Å². The van der Waals surface area contributed by atoms with E-state index in [0.29, 0.717) is 22.4 Å². The van der Waals surface area contributed by atoms with Crippen molar-refractivity contribution in [3.8, 4) is 22.9 Å². The third-order valence-electron chi connectivity index (χ3n) is 3.93. The van der Waals surface area contributed by atoms with Crippen molar-refractivity contribution in [1.29, 1.82) is 0 Å². The summed E-state index contributed by atoms with van der Waals surface area (Å²) in [6.45, 7) is 4.16. The average Bonchev–Trinajstić information content (AvgIpc) is 3.30. The number of aromatic nitrogens is 4. The van der Waals surface area contributed by atoms with E-state index in [1.54, 1.807) is 22.9 Å². The lowest BCUT2D eigenvalue weighted by Crippen LogP contribution is -2.11. The molecule has 0 unspecified atom stereocenters. The Bertz CT molecular complexity index is 1000. The quantitative estimate of drug-likeness (QED) is 0.377. The number of esters is 1. The zero-order chi connectivity index (χ0) is 18.8.